The zero-order valence-electron chi connectivity index (χ0n) is 11.6. The van der Waals surface area contributed by atoms with Crippen LogP contribution in [0.3, 0.4) is 0 Å². The summed E-state index contributed by atoms with van der Waals surface area (Å²) in [5, 5.41) is 0. The van der Waals surface area contributed by atoms with Crippen molar-refractivity contribution in [3.8, 4) is 5.75 Å². The van der Waals surface area contributed by atoms with E-state index in [1.807, 2.05) is 13.8 Å². The fourth-order valence-corrected chi connectivity index (χ4v) is 1.24. The van der Waals surface area contributed by atoms with Crippen LogP contribution in [-0.2, 0) is 14.3 Å². The Morgan fingerprint density at radius 3 is 2.50 bits per heavy atom. The second kappa shape index (κ2) is 7.99. The number of benzene rings is 1. The third kappa shape index (κ3) is 5.14. The van der Waals surface area contributed by atoms with Crippen molar-refractivity contribution in [3.63, 3.8) is 0 Å². The molecular weight excluding hydrogens is 260 g/mol. The minimum atomic E-state index is -0.557. The molecule has 1 aromatic carbocycles. The molecule has 1 unspecified atom stereocenters. The molecule has 1 rings (SSSR count). The molecule has 0 radical (unpaired) electrons. The van der Waals surface area contributed by atoms with Gasteiger partial charge in [-0.15, -0.1) is 0 Å². The Kier molecular flexibility index (Phi) is 6.29. The van der Waals surface area contributed by atoms with Crippen molar-refractivity contribution in [1.29, 1.82) is 0 Å². The third-order valence-corrected chi connectivity index (χ3v) is 2.57. The number of rotatable bonds is 7. The van der Waals surface area contributed by atoms with E-state index >= 15 is 0 Å². The molecule has 108 valence electrons. The molecule has 0 aliphatic carbocycles. The summed E-state index contributed by atoms with van der Waals surface area (Å²) in [6, 6.07) is 6.40. The van der Waals surface area contributed by atoms with Gasteiger partial charge in [0.05, 0.1) is 11.7 Å². The zero-order chi connectivity index (χ0) is 15.0. The van der Waals surface area contributed by atoms with E-state index in [-0.39, 0.29) is 18.9 Å². The monoisotopic (exact) mass is 278 g/mol. The maximum absolute atomic E-state index is 11.7. The highest BCUT2D eigenvalue weighted by Crippen LogP contribution is 2.14. The van der Waals surface area contributed by atoms with Gasteiger partial charge in [-0.1, -0.05) is 13.5 Å². The Labute approximate surface area is 118 Å². The highest BCUT2D eigenvalue weighted by molar-refractivity contribution is 5.89. The maximum atomic E-state index is 11.7. The molecule has 0 saturated carbocycles. The van der Waals surface area contributed by atoms with E-state index in [9.17, 15) is 9.59 Å². The molecule has 0 bridgehead atoms. The molecule has 0 saturated heterocycles. The quantitative estimate of drug-likeness (QED) is 0.436. The Bertz CT molecular complexity index is 464. The summed E-state index contributed by atoms with van der Waals surface area (Å²) >= 11 is 0. The van der Waals surface area contributed by atoms with Gasteiger partial charge < -0.3 is 14.2 Å². The predicted octanol–water partition coefficient (Wildman–Crippen LogP) is 2.71. The van der Waals surface area contributed by atoms with E-state index in [0.717, 1.165) is 12.5 Å². The van der Waals surface area contributed by atoms with Gasteiger partial charge >= 0.3 is 11.9 Å². The van der Waals surface area contributed by atoms with Crippen LogP contribution in [0.5, 0.6) is 5.75 Å². The topological polar surface area (TPSA) is 61.8 Å². The first-order chi connectivity index (χ1) is 9.56. The molecule has 1 aromatic rings. The van der Waals surface area contributed by atoms with Crippen molar-refractivity contribution in [3.05, 3.63) is 42.5 Å². The van der Waals surface area contributed by atoms with Gasteiger partial charge in [-0.05, 0) is 37.6 Å². The number of esters is 2. The van der Waals surface area contributed by atoms with E-state index in [2.05, 4.69) is 11.3 Å². The van der Waals surface area contributed by atoms with Crippen molar-refractivity contribution in [2.45, 2.75) is 26.4 Å². The molecule has 0 heterocycles. The summed E-state index contributed by atoms with van der Waals surface area (Å²) in [5.41, 5.74) is 0.445. The van der Waals surface area contributed by atoms with Crippen LogP contribution in [-0.4, -0.2) is 24.8 Å². The van der Waals surface area contributed by atoms with Gasteiger partial charge in [0.1, 0.15) is 5.75 Å². The molecule has 0 aliphatic rings. The molecule has 0 aromatic heterocycles. The lowest BCUT2D eigenvalue weighted by atomic mass is 10.2. The van der Waals surface area contributed by atoms with E-state index in [1.54, 1.807) is 24.3 Å². The Hall–Kier alpha value is -2.30. The number of carbonyl (C=O) groups excluding carboxylic acids is 2. The Balaban J connectivity index is 2.49. The summed E-state index contributed by atoms with van der Waals surface area (Å²) in [4.78, 5) is 22.5. The molecular formula is C15H18O5. The van der Waals surface area contributed by atoms with Crippen LogP contribution in [0.1, 0.15) is 30.6 Å². The fraction of sp³-hybridized carbons (Fsp3) is 0.333. The number of hydrogen-bond acceptors (Lipinski definition) is 5. The Morgan fingerprint density at radius 2 is 1.95 bits per heavy atom. The number of carbonyl (C=O) groups is 2. The third-order valence-electron chi connectivity index (χ3n) is 2.57. The normalized spacial score (nSPS) is 11.3. The lowest BCUT2D eigenvalue weighted by Crippen LogP contribution is -2.14. The van der Waals surface area contributed by atoms with Crippen LogP contribution in [0.25, 0.3) is 0 Å². The largest absolute Gasteiger partial charge is 0.459 e. The highest BCUT2D eigenvalue weighted by atomic mass is 16.7. The minimum absolute atomic E-state index is 0.114. The zero-order valence-corrected chi connectivity index (χ0v) is 11.6. The van der Waals surface area contributed by atoms with Gasteiger partial charge in [-0.25, -0.2) is 9.59 Å². The van der Waals surface area contributed by atoms with Gasteiger partial charge in [0.25, 0.3) is 0 Å². The van der Waals surface area contributed by atoms with E-state index in [4.69, 9.17) is 9.47 Å². The van der Waals surface area contributed by atoms with Crippen LogP contribution >= 0.6 is 0 Å². The van der Waals surface area contributed by atoms with Crippen LogP contribution in [0.4, 0.5) is 0 Å². The average Bonchev–Trinajstić information content (AvgIpc) is 2.47. The standard InChI is InChI=1S/C15H18O5/c1-4-11(3)20-15(17)12-6-8-13(9-7-12)18-10-19-14(16)5-2/h5-9,11H,2,4,10H2,1,3H3. The van der Waals surface area contributed by atoms with E-state index in [1.165, 1.54) is 0 Å². The van der Waals surface area contributed by atoms with Crippen molar-refractivity contribution in [2.75, 3.05) is 6.79 Å². The smallest absolute Gasteiger partial charge is 0.338 e. The predicted molar refractivity (Wildman–Crippen MR) is 73.4 cm³/mol. The van der Waals surface area contributed by atoms with Crippen molar-refractivity contribution in [2.24, 2.45) is 0 Å². The van der Waals surface area contributed by atoms with E-state index in [0.29, 0.717) is 11.3 Å². The van der Waals surface area contributed by atoms with Gasteiger partial charge in [0.2, 0.25) is 6.79 Å². The van der Waals surface area contributed by atoms with Crippen LogP contribution in [0, 0.1) is 0 Å². The lowest BCUT2D eigenvalue weighted by molar-refractivity contribution is -0.144. The fourth-order valence-electron chi connectivity index (χ4n) is 1.24. The van der Waals surface area contributed by atoms with Crippen LogP contribution < -0.4 is 4.74 Å². The molecule has 0 N–H and O–H groups in total. The number of ether oxygens (including phenoxy) is 3. The molecule has 0 spiro atoms. The summed E-state index contributed by atoms with van der Waals surface area (Å²) in [6.45, 7) is 6.84. The summed E-state index contributed by atoms with van der Waals surface area (Å²) in [7, 11) is 0. The first-order valence-electron chi connectivity index (χ1n) is 6.29. The maximum Gasteiger partial charge on any atom is 0.338 e. The molecule has 0 aliphatic heterocycles. The van der Waals surface area contributed by atoms with Crippen molar-refractivity contribution >= 4 is 11.9 Å². The first-order valence-corrected chi connectivity index (χ1v) is 6.29. The minimum Gasteiger partial charge on any atom is -0.459 e. The number of hydrogen-bond donors (Lipinski definition) is 0. The molecule has 1 atom stereocenters. The summed E-state index contributed by atoms with van der Waals surface area (Å²) in [5.74, 6) is -0.440. The second-order valence-electron chi connectivity index (χ2n) is 4.08. The lowest BCUT2D eigenvalue weighted by Gasteiger charge is -2.11. The van der Waals surface area contributed by atoms with Gasteiger partial charge in [0, 0.05) is 6.08 Å². The highest BCUT2D eigenvalue weighted by Gasteiger charge is 2.10. The van der Waals surface area contributed by atoms with Gasteiger partial charge in [-0.2, -0.15) is 0 Å². The van der Waals surface area contributed by atoms with Gasteiger partial charge in [-0.3, -0.25) is 0 Å². The summed E-state index contributed by atoms with van der Waals surface area (Å²) < 4.78 is 15.0. The SMILES string of the molecule is C=CC(=O)OCOc1ccc(C(=O)OC(C)CC)cc1. The average molecular weight is 278 g/mol. The molecule has 5 heteroatoms. The first kappa shape index (κ1) is 15.8. The Morgan fingerprint density at radius 1 is 1.30 bits per heavy atom. The van der Waals surface area contributed by atoms with Crippen LogP contribution in [0.15, 0.2) is 36.9 Å². The molecule has 20 heavy (non-hydrogen) atoms. The van der Waals surface area contributed by atoms with Crippen LogP contribution in [0.2, 0.25) is 0 Å². The van der Waals surface area contributed by atoms with Gasteiger partial charge in [0.15, 0.2) is 0 Å². The van der Waals surface area contributed by atoms with E-state index < -0.39 is 5.97 Å². The molecule has 0 fully saturated rings. The molecule has 5 nitrogen and oxygen atoms in total. The second-order valence-corrected chi connectivity index (χ2v) is 4.08. The van der Waals surface area contributed by atoms with Crippen molar-refractivity contribution < 1.29 is 23.8 Å². The molecule has 0 amide bonds. The van der Waals surface area contributed by atoms with Crippen molar-refractivity contribution in [1.82, 2.24) is 0 Å². The summed E-state index contributed by atoms with van der Waals surface area (Å²) in [6.07, 6.45) is 1.70.